The fourth-order valence-electron chi connectivity index (χ4n) is 3.70. The minimum atomic E-state index is 0.794. The van der Waals surface area contributed by atoms with Crippen molar-refractivity contribution in [2.75, 3.05) is 0 Å². The molecule has 0 aromatic heterocycles. The number of ether oxygens (including phenoxy) is 1. The fraction of sp³-hybridized carbons (Fsp3) is 0.0400. The van der Waals surface area contributed by atoms with Crippen LogP contribution in [0.2, 0.25) is 5.02 Å². The van der Waals surface area contributed by atoms with Crippen LogP contribution in [0.3, 0.4) is 0 Å². The normalized spacial score (nSPS) is 11.6. The minimum Gasteiger partial charge on any atom is -0.456 e. The van der Waals surface area contributed by atoms with Gasteiger partial charge in [0, 0.05) is 16.1 Å². The van der Waals surface area contributed by atoms with Crippen molar-refractivity contribution >= 4 is 11.6 Å². The lowest BCUT2D eigenvalue weighted by Crippen LogP contribution is -1.92. The van der Waals surface area contributed by atoms with Gasteiger partial charge in [-0.15, -0.1) is 0 Å². The summed E-state index contributed by atoms with van der Waals surface area (Å²) in [7, 11) is 0. The summed E-state index contributed by atoms with van der Waals surface area (Å²) in [5.74, 6) is 1.78. The van der Waals surface area contributed by atoms with Gasteiger partial charge in [-0.05, 0) is 52.9 Å². The predicted molar refractivity (Wildman–Crippen MR) is 112 cm³/mol. The molecule has 0 bridgehead atoms. The van der Waals surface area contributed by atoms with Crippen LogP contribution < -0.4 is 4.74 Å². The highest BCUT2D eigenvalue weighted by Gasteiger charge is 2.20. The van der Waals surface area contributed by atoms with Crippen LogP contribution in [0.4, 0.5) is 0 Å². The number of hydrogen-bond donors (Lipinski definition) is 0. The molecule has 0 fully saturated rings. The molecule has 27 heavy (non-hydrogen) atoms. The molecular weight excluding hydrogens is 352 g/mol. The van der Waals surface area contributed by atoms with Crippen molar-refractivity contribution in [1.29, 1.82) is 0 Å². The predicted octanol–water partition coefficient (Wildman–Crippen LogP) is 7.37. The molecular formula is C25H17ClO. The third kappa shape index (κ3) is 2.90. The Hall–Kier alpha value is -3.03. The maximum Gasteiger partial charge on any atom is 0.135 e. The van der Waals surface area contributed by atoms with Crippen LogP contribution in [-0.2, 0) is 6.42 Å². The van der Waals surface area contributed by atoms with E-state index in [0.717, 1.165) is 39.6 Å². The van der Waals surface area contributed by atoms with Crippen LogP contribution in [0.5, 0.6) is 11.5 Å². The van der Waals surface area contributed by atoms with Gasteiger partial charge in [-0.3, -0.25) is 0 Å². The van der Waals surface area contributed by atoms with Gasteiger partial charge in [-0.25, -0.2) is 0 Å². The Labute approximate surface area is 163 Å². The average Bonchev–Trinajstić information content (AvgIpc) is 2.84. The molecule has 0 N–H and O–H groups in total. The van der Waals surface area contributed by atoms with Crippen molar-refractivity contribution in [2.24, 2.45) is 0 Å². The summed E-state index contributed by atoms with van der Waals surface area (Å²) in [6, 6.07) is 31.1. The van der Waals surface area contributed by atoms with Crippen LogP contribution in [0.15, 0.2) is 91.0 Å². The fourth-order valence-corrected chi connectivity index (χ4v) is 3.90. The molecule has 1 heterocycles. The van der Waals surface area contributed by atoms with Gasteiger partial charge >= 0.3 is 0 Å². The molecule has 4 aromatic rings. The molecule has 0 saturated heterocycles. The lowest BCUT2D eigenvalue weighted by atomic mass is 9.93. The molecule has 2 heteroatoms. The van der Waals surface area contributed by atoms with E-state index in [9.17, 15) is 0 Å². The highest BCUT2D eigenvalue weighted by atomic mass is 35.5. The summed E-state index contributed by atoms with van der Waals surface area (Å²) in [4.78, 5) is 0. The Morgan fingerprint density at radius 1 is 0.593 bits per heavy atom. The van der Waals surface area contributed by atoms with Gasteiger partial charge < -0.3 is 4.74 Å². The van der Waals surface area contributed by atoms with Crippen molar-refractivity contribution in [2.45, 2.75) is 6.42 Å². The zero-order valence-corrected chi connectivity index (χ0v) is 15.4. The molecule has 5 rings (SSSR count). The quantitative estimate of drug-likeness (QED) is 0.316. The van der Waals surface area contributed by atoms with E-state index in [1.807, 2.05) is 30.3 Å². The molecule has 0 unspecified atom stereocenters. The first-order valence-electron chi connectivity index (χ1n) is 9.02. The third-order valence-corrected chi connectivity index (χ3v) is 5.38. The highest BCUT2D eigenvalue weighted by molar-refractivity contribution is 6.31. The molecule has 0 radical (unpaired) electrons. The zero-order chi connectivity index (χ0) is 18.2. The number of hydrogen-bond acceptors (Lipinski definition) is 1. The number of fused-ring (bicyclic) bond motifs is 5. The van der Waals surface area contributed by atoms with E-state index >= 15 is 0 Å². The maximum atomic E-state index is 6.36. The summed E-state index contributed by atoms with van der Waals surface area (Å²) in [5.41, 5.74) is 6.97. The first-order valence-corrected chi connectivity index (χ1v) is 9.40. The summed E-state index contributed by atoms with van der Waals surface area (Å²) in [6.45, 7) is 0. The van der Waals surface area contributed by atoms with Gasteiger partial charge in [-0.2, -0.15) is 0 Å². The standard InChI is InChI=1S/C25H17ClO/c26-23-11-5-1-7-18(23)15-17-13-14-25-22(16-17)20-9-3-2-8-19(20)21-10-4-6-12-24(21)27-25/h1-14,16H,15H2. The van der Waals surface area contributed by atoms with Gasteiger partial charge in [0.15, 0.2) is 0 Å². The zero-order valence-electron chi connectivity index (χ0n) is 14.7. The molecule has 0 amide bonds. The number of benzene rings is 4. The van der Waals surface area contributed by atoms with E-state index < -0.39 is 0 Å². The van der Waals surface area contributed by atoms with Crippen LogP contribution in [-0.4, -0.2) is 0 Å². The van der Waals surface area contributed by atoms with Crippen molar-refractivity contribution in [3.05, 3.63) is 107 Å². The topological polar surface area (TPSA) is 9.23 Å². The van der Waals surface area contributed by atoms with E-state index in [1.54, 1.807) is 0 Å². The van der Waals surface area contributed by atoms with E-state index in [4.69, 9.17) is 16.3 Å². The van der Waals surface area contributed by atoms with Crippen molar-refractivity contribution in [1.82, 2.24) is 0 Å². The lowest BCUT2D eigenvalue weighted by Gasteiger charge is -2.12. The number of halogens is 1. The maximum absolute atomic E-state index is 6.36. The molecule has 1 aliphatic heterocycles. The Bertz CT molecular complexity index is 1150. The highest BCUT2D eigenvalue weighted by Crippen LogP contribution is 2.46. The largest absolute Gasteiger partial charge is 0.456 e. The molecule has 4 aromatic carbocycles. The third-order valence-electron chi connectivity index (χ3n) is 5.01. The molecule has 1 nitrogen and oxygen atoms in total. The number of para-hydroxylation sites is 1. The SMILES string of the molecule is Clc1ccccc1Cc1ccc2c(c1)-c1ccccc1-c1ccccc1O2. The molecule has 0 atom stereocenters. The van der Waals surface area contributed by atoms with Gasteiger partial charge in [0.1, 0.15) is 11.5 Å². The monoisotopic (exact) mass is 368 g/mol. The summed E-state index contributed by atoms with van der Waals surface area (Å²) < 4.78 is 6.29. The second kappa shape index (κ2) is 6.61. The van der Waals surface area contributed by atoms with E-state index in [-0.39, 0.29) is 0 Å². The average molecular weight is 369 g/mol. The lowest BCUT2D eigenvalue weighted by molar-refractivity contribution is 0.487. The Balaban J connectivity index is 1.66. The molecule has 0 saturated carbocycles. The van der Waals surface area contributed by atoms with Crippen molar-refractivity contribution in [3.8, 4) is 33.8 Å². The Morgan fingerprint density at radius 3 is 2.04 bits per heavy atom. The van der Waals surface area contributed by atoms with Gasteiger partial charge in [0.25, 0.3) is 0 Å². The first kappa shape index (κ1) is 16.2. The van der Waals surface area contributed by atoms with E-state index in [2.05, 4.69) is 60.7 Å². The summed E-state index contributed by atoms with van der Waals surface area (Å²) >= 11 is 6.36. The second-order valence-electron chi connectivity index (χ2n) is 6.74. The van der Waals surface area contributed by atoms with E-state index in [0.29, 0.717) is 0 Å². The molecule has 1 aliphatic rings. The molecule has 0 spiro atoms. The van der Waals surface area contributed by atoms with Crippen LogP contribution in [0.1, 0.15) is 11.1 Å². The number of rotatable bonds is 2. The summed E-state index contributed by atoms with van der Waals surface area (Å²) in [5, 5.41) is 0.802. The van der Waals surface area contributed by atoms with Crippen LogP contribution in [0, 0.1) is 0 Å². The Morgan fingerprint density at radius 2 is 1.22 bits per heavy atom. The smallest absolute Gasteiger partial charge is 0.135 e. The van der Waals surface area contributed by atoms with Crippen LogP contribution >= 0.6 is 11.6 Å². The molecule has 130 valence electrons. The van der Waals surface area contributed by atoms with Gasteiger partial charge in [0.2, 0.25) is 0 Å². The molecule has 0 aliphatic carbocycles. The Kier molecular flexibility index (Phi) is 3.95. The van der Waals surface area contributed by atoms with Crippen LogP contribution in [0.25, 0.3) is 22.3 Å². The van der Waals surface area contributed by atoms with Gasteiger partial charge in [-0.1, -0.05) is 78.3 Å². The van der Waals surface area contributed by atoms with Crippen molar-refractivity contribution < 1.29 is 4.74 Å². The minimum absolute atomic E-state index is 0.794. The summed E-state index contributed by atoms with van der Waals surface area (Å²) in [6.07, 6.45) is 0.794. The van der Waals surface area contributed by atoms with Crippen molar-refractivity contribution in [3.63, 3.8) is 0 Å². The first-order chi connectivity index (χ1) is 13.3. The van der Waals surface area contributed by atoms with Gasteiger partial charge in [0.05, 0.1) is 0 Å². The van der Waals surface area contributed by atoms with E-state index in [1.165, 1.54) is 16.7 Å². The second-order valence-corrected chi connectivity index (χ2v) is 7.15.